The van der Waals surface area contributed by atoms with Crippen molar-refractivity contribution >= 4 is 10.8 Å². The predicted molar refractivity (Wildman–Crippen MR) is 122 cm³/mol. The third-order valence-corrected chi connectivity index (χ3v) is 6.97. The van der Waals surface area contributed by atoms with Gasteiger partial charge in [0.2, 0.25) is 6.79 Å². The number of pyridine rings is 1. The molecule has 7 nitrogen and oxygen atoms in total. The highest BCUT2D eigenvalue weighted by molar-refractivity contribution is 5.95. The van der Waals surface area contributed by atoms with Crippen molar-refractivity contribution in [2.75, 3.05) is 54.2 Å². The summed E-state index contributed by atoms with van der Waals surface area (Å²) in [6, 6.07) is 6.18. The van der Waals surface area contributed by atoms with E-state index in [4.69, 9.17) is 23.9 Å². The van der Waals surface area contributed by atoms with Crippen LogP contribution in [0.15, 0.2) is 24.4 Å². The number of ether oxygens (including phenoxy) is 4. The summed E-state index contributed by atoms with van der Waals surface area (Å²) in [4.78, 5) is 9.76. The number of nitrogens with zero attached hydrogens (tertiary/aromatic N) is 3. The van der Waals surface area contributed by atoms with Crippen LogP contribution in [0, 0.1) is 0 Å². The summed E-state index contributed by atoms with van der Waals surface area (Å²) in [6.45, 7) is 5.43. The van der Waals surface area contributed by atoms with Crippen molar-refractivity contribution in [2.45, 2.75) is 13.0 Å². The zero-order valence-corrected chi connectivity index (χ0v) is 18.7. The second-order valence-corrected chi connectivity index (χ2v) is 8.75. The van der Waals surface area contributed by atoms with Gasteiger partial charge in [0, 0.05) is 61.9 Å². The molecule has 3 aromatic rings. The van der Waals surface area contributed by atoms with Crippen molar-refractivity contribution in [3.05, 3.63) is 41.1 Å². The molecule has 0 N–H and O–H groups in total. The summed E-state index contributed by atoms with van der Waals surface area (Å²) >= 11 is 0. The standard InChI is InChI=1S/C25H27N3O4/c1-27-4-6-28(7-5-27)13-20-17-9-18-16-10-22(30-3)21(29-2)8-15(16)12-26-24(18)19(17)11-23-25(20)32-14-31-23/h8,10-12H,4-7,9,13-14H2,1-3H3. The van der Waals surface area contributed by atoms with Crippen LogP contribution in [-0.2, 0) is 13.0 Å². The number of hydrogen-bond acceptors (Lipinski definition) is 7. The topological polar surface area (TPSA) is 56.3 Å². The van der Waals surface area contributed by atoms with E-state index in [9.17, 15) is 0 Å². The number of likely N-dealkylation sites (N-methyl/N-ethyl adjacent to an activating group) is 1. The highest BCUT2D eigenvalue weighted by Gasteiger charge is 2.32. The Morgan fingerprint density at radius 1 is 0.969 bits per heavy atom. The molecule has 1 aromatic heterocycles. The molecule has 6 rings (SSSR count). The van der Waals surface area contributed by atoms with E-state index in [-0.39, 0.29) is 6.79 Å². The summed E-state index contributed by atoms with van der Waals surface area (Å²) < 4.78 is 22.9. The Balaban J connectivity index is 1.47. The van der Waals surface area contributed by atoms with Gasteiger partial charge in [0.05, 0.1) is 19.9 Å². The lowest BCUT2D eigenvalue weighted by atomic mass is 9.99. The molecule has 0 unspecified atom stereocenters. The minimum atomic E-state index is 0.281. The van der Waals surface area contributed by atoms with Gasteiger partial charge in [0.15, 0.2) is 23.0 Å². The number of methoxy groups -OCH3 is 2. The number of hydrogen-bond donors (Lipinski definition) is 0. The van der Waals surface area contributed by atoms with Crippen molar-refractivity contribution in [1.82, 2.24) is 14.8 Å². The average Bonchev–Trinajstić information content (AvgIpc) is 3.44. The summed E-state index contributed by atoms with van der Waals surface area (Å²) in [5.41, 5.74) is 5.95. The molecule has 0 atom stereocenters. The van der Waals surface area contributed by atoms with Crippen LogP contribution in [-0.4, -0.2) is 69.0 Å². The fraction of sp³-hybridized carbons (Fsp3) is 0.400. The van der Waals surface area contributed by atoms with Gasteiger partial charge < -0.3 is 23.8 Å². The number of benzene rings is 2. The Bertz CT molecular complexity index is 1220. The highest BCUT2D eigenvalue weighted by Crippen LogP contribution is 2.49. The normalized spacial score (nSPS) is 17.5. The largest absolute Gasteiger partial charge is 0.493 e. The van der Waals surface area contributed by atoms with Crippen molar-refractivity contribution in [2.24, 2.45) is 0 Å². The van der Waals surface area contributed by atoms with Crippen LogP contribution in [0.2, 0.25) is 0 Å². The Morgan fingerprint density at radius 3 is 2.53 bits per heavy atom. The first kappa shape index (κ1) is 19.6. The molecule has 3 heterocycles. The first-order chi connectivity index (χ1) is 15.7. The smallest absolute Gasteiger partial charge is 0.231 e. The van der Waals surface area contributed by atoms with Gasteiger partial charge in [-0.1, -0.05) is 0 Å². The zero-order chi connectivity index (χ0) is 21.8. The average molecular weight is 434 g/mol. The minimum Gasteiger partial charge on any atom is -0.493 e. The van der Waals surface area contributed by atoms with Crippen molar-refractivity contribution < 1.29 is 18.9 Å². The lowest BCUT2D eigenvalue weighted by molar-refractivity contribution is 0.144. The van der Waals surface area contributed by atoms with Gasteiger partial charge >= 0.3 is 0 Å². The van der Waals surface area contributed by atoms with Crippen LogP contribution < -0.4 is 18.9 Å². The van der Waals surface area contributed by atoms with E-state index in [2.05, 4.69) is 29.0 Å². The van der Waals surface area contributed by atoms with E-state index < -0.39 is 0 Å². The second-order valence-electron chi connectivity index (χ2n) is 8.75. The Morgan fingerprint density at radius 2 is 1.75 bits per heavy atom. The molecule has 0 amide bonds. The lowest BCUT2D eigenvalue weighted by Gasteiger charge is -2.33. The molecule has 1 saturated heterocycles. The number of piperazine rings is 1. The molecule has 0 saturated carbocycles. The molecular formula is C25H27N3O4. The van der Waals surface area contributed by atoms with Gasteiger partial charge in [0.25, 0.3) is 0 Å². The predicted octanol–water partition coefficient (Wildman–Crippen LogP) is 3.30. The third kappa shape index (κ3) is 2.99. The van der Waals surface area contributed by atoms with Crippen molar-refractivity contribution in [3.63, 3.8) is 0 Å². The van der Waals surface area contributed by atoms with Gasteiger partial charge in [-0.25, -0.2) is 0 Å². The maximum absolute atomic E-state index is 5.95. The van der Waals surface area contributed by atoms with E-state index in [1.807, 2.05) is 12.3 Å². The molecule has 2 aromatic carbocycles. The third-order valence-electron chi connectivity index (χ3n) is 6.97. The van der Waals surface area contributed by atoms with Crippen molar-refractivity contribution in [1.29, 1.82) is 0 Å². The van der Waals surface area contributed by atoms with Crippen LogP contribution in [0.25, 0.3) is 22.0 Å². The van der Waals surface area contributed by atoms with Crippen LogP contribution in [0.1, 0.15) is 16.7 Å². The van der Waals surface area contributed by atoms with E-state index in [1.54, 1.807) is 14.2 Å². The van der Waals surface area contributed by atoms with Gasteiger partial charge in [0.1, 0.15) is 0 Å². The fourth-order valence-electron chi connectivity index (χ4n) is 5.15. The quantitative estimate of drug-likeness (QED) is 0.489. The summed E-state index contributed by atoms with van der Waals surface area (Å²) in [7, 11) is 5.52. The van der Waals surface area contributed by atoms with Gasteiger partial charge in [-0.15, -0.1) is 0 Å². The van der Waals surface area contributed by atoms with E-state index >= 15 is 0 Å². The van der Waals surface area contributed by atoms with Crippen molar-refractivity contribution in [3.8, 4) is 34.3 Å². The van der Waals surface area contributed by atoms with Gasteiger partial charge in [-0.05, 0) is 41.8 Å². The first-order valence-corrected chi connectivity index (χ1v) is 11.1. The van der Waals surface area contributed by atoms with Crippen LogP contribution >= 0.6 is 0 Å². The summed E-state index contributed by atoms with van der Waals surface area (Å²) in [6.07, 6.45) is 2.75. The molecule has 3 aliphatic rings. The molecule has 32 heavy (non-hydrogen) atoms. The Labute approximate surface area is 187 Å². The fourth-order valence-corrected chi connectivity index (χ4v) is 5.15. The second kappa shape index (κ2) is 7.53. The number of fused-ring (bicyclic) bond motifs is 6. The monoisotopic (exact) mass is 433 g/mol. The maximum atomic E-state index is 5.95. The maximum Gasteiger partial charge on any atom is 0.231 e. The molecule has 0 bridgehead atoms. The highest BCUT2D eigenvalue weighted by atomic mass is 16.7. The van der Waals surface area contributed by atoms with Gasteiger partial charge in [-0.2, -0.15) is 0 Å². The summed E-state index contributed by atoms with van der Waals surface area (Å²) in [5, 5.41) is 2.20. The van der Waals surface area contributed by atoms with E-state index in [0.29, 0.717) is 5.75 Å². The molecule has 1 aliphatic carbocycles. The lowest BCUT2D eigenvalue weighted by Crippen LogP contribution is -2.44. The molecule has 0 radical (unpaired) electrons. The SMILES string of the molecule is COc1cc2cnc3c(c2cc1OC)Cc1c-3cc2c(c1CN1CCN(C)CC1)OCO2. The van der Waals surface area contributed by atoms with E-state index in [1.165, 1.54) is 16.7 Å². The molecule has 0 spiro atoms. The molecule has 7 heteroatoms. The molecule has 166 valence electrons. The summed E-state index contributed by atoms with van der Waals surface area (Å²) in [5.74, 6) is 3.18. The van der Waals surface area contributed by atoms with Crippen LogP contribution in [0.3, 0.4) is 0 Å². The van der Waals surface area contributed by atoms with Crippen LogP contribution in [0.4, 0.5) is 0 Å². The van der Waals surface area contributed by atoms with Gasteiger partial charge in [-0.3, -0.25) is 9.88 Å². The Hall–Kier alpha value is -3.03. The number of rotatable bonds is 4. The molecular weight excluding hydrogens is 406 g/mol. The van der Waals surface area contributed by atoms with Crippen LogP contribution in [0.5, 0.6) is 23.0 Å². The zero-order valence-electron chi connectivity index (χ0n) is 18.7. The van der Waals surface area contributed by atoms with E-state index in [0.717, 1.165) is 78.4 Å². The minimum absolute atomic E-state index is 0.281. The number of aromatic nitrogens is 1. The molecule has 1 fully saturated rings. The molecule has 2 aliphatic heterocycles. The first-order valence-electron chi connectivity index (χ1n) is 11.1. The Kier molecular flexibility index (Phi) is 4.62.